The van der Waals surface area contributed by atoms with E-state index in [2.05, 4.69) is 43.9 Å². The van der Waals surface area contributed by atoms with Crippen LogP contribution in [0.1, 0.15) is 17.9 Å². The fourth-order valence-electron chi connectivity index (χ4n) is 3.12. The normalized spacial score (nSPS) is 22.9. The summed E-state index contributed by atoms with van der Waals surface area (Å²) in [5, 5.41) is 1.01. The third kappa shape index (κ3) is 3.46. The van der Waals surface area contributed by atoms with Gasteiger partial charge >= 0.3 is 0 Å². The van der Waals surface area contributed by atoms with E-state index in [0.29, 0.717) is 5.91 Å². The average molecular weight is 369 g/mol. The van der Waals surface area contributed by atoms with Crippen molar-refractivity contribution < 1.29 is 4.79 Å². The van der Waals surface area contributed by atoms with E-state index in [1.54, 1.807) is 0 Å². The maximum Gasteiger partial charge on any atom is 0.231 e. The first kappa shape index (κ1) is 15.4. The van der Waals surface area contributed by atoms with Crippen molar-refractivity contribution in [3.05, 3.63) is 29.8 Å². The summed E-state index contributed by atoms with van der Waals surface area (Å²) in [6.07, 6.45) is 1.08. The zero-order valence-electron chi connectivity index (χ0n) is 12.1. The quantitative estimate of drug-likeness (QED) is 0.766. The molecule has 3 rings (SSSR count). The molecule has 0 spiro atoms. The summed E-state index contributed by atoms with van der Waals surface area (Å²) in [6.45, 7) is 4.95. The Bertz CT molecular complexity index is 511. The first-order valence-electron chi connectivity index (χ1n) is 7.58. The maximum absolute atomic E-state index is 12.9. The molecule has 0 aromatic heterocycles. The van der Waals surface area contributed by atoms with Crippen LogP contribution in [0.15, 0.2) is 29.2 Å². The summed E-state index contributed by atoms with van der Waals surface area (Å²) < 4.78 is 0. The molecule has 2 aliphatic heterocycles. The minimum atomic E-state index is 0.0638. The lowest BCUT2D eigenvalue weighted by atomic mass is 10.00. The Hall–Kier alpha value is -0.520. The largest absolute Gasteiger partial charge is 0.341 e. The van der Waals surface area contributed by atoms with E-state index in [-0.39, 0.29) is 5.92 Å². The van der Waals surface area contributed by atoms with Crippen LogP contribution in [0, 0.1) is 0 Å². The predicted molar refractivity (Wildman–Crippen MR) is 91.3 cm³/mol. The van der Waals surface area contributed by atoms with Gasteiger partial charge in [0.1, 0.15) is 0 Å². The fourth-order valence-corrected chi connectivity index (χ4v) is 4.84. The highest BCUT2D eigenvalue weighted by molar-refractivity contribution is 9.09. The van der Waals surface area contributed by atoms with Gasteiger partial charge in [0, 0.05) is 42.2 Å². The second-order valence-corrected chi connectivity index (χ2v) is 7.47. The van der Waals surface area contributed by atoms with Gasteiger partial charge in [-0.05, 0) is 24.6 Å². The molecule has 3 nitrogen and oxygen atoms in total. The van der Waals surface area contributed by atoms with Crippen molar-refractivity contribution in [2.75, 3.05) is 43.8 Å². The molecular formula is C16H21BrN2OS. The first-order valence-corrected chi connectivity index (χ1v) is 9.69. The molecule has 1 aromatic carbocycles. The molecule has 21 heavy (non-hydrogen) atoms. The molecule has 0 aliphatic carbocycles. The van der Waals surface area contributed by atoms with Crippen LogP contribution in [-0.4, -0.2) is 59.5 Å². The van der Waals surface area contributed by atoms with E-state index in [4.69, 9.17) is 0 Å². The molecule has 2 aliphatic rings. The molecule has 1 aromatic rings. The Kier molecular flexibility index (Phi) is 5.24. The molecule has 1 saturated heterocycles. The highest BCUT2D eigenvalue weighted by Gasteiger charge is 2.32. The molecule has 114 valence electrons. The van der Waals surface area contributed by atoms with Crippen molar-refractivity contribution in [1.29, 1.82) is 0 Å². The maximum atomic E-state index is 12.9. The van der Waals surface area contributed by atoms with Crippen molar-refractivity contribution in [1.82, 2.24) is 9.80 Å². The SMILES string of the molecule is O=C(C1CSc2ccccc21)N1CCCN(CCBr)CC1. The standard InChI is InChI=1S/C16H21BrN2OS/c17-6-9-18-7-3-8-19(11-10-18)16(20)14-12-21-15-5-2-1-4-13(14)15/h1-2,4-5,14H,3,6-12H2. The Morgan fingerprint density at radius 3 is 2.95 bits per heavy atom. The number of alkyl halides is 1. The smallest absolute Gasteiger partial charge is 0.231 e. The highest BCUT2D eigenvalue weighted by atomic mass is 79.9. The number of rotatable bonds is 3. The third-order valence-corrected chi connectivity index (χ3v) is 5.84. The summed E-state index contributed by atoms with van der Waals surface area (Å²) in [4.78, 5) is 18.7. The van der Waals surface area contributed by atoms with Crippen LogP contribution in [0.5, 0.6) is 0 Å². The van der Waals surface area contributed by atoms with E-state index < -0.39 is 0 Å². The number of carbonyl (C=O) groups is 1. The topological polar surface area (TPSA) is 23.6 Å². The van der Waals surface area contributed by atoms with Gasteiger partial charge in [-0.3, -0.25) is 4.79 Å². The average Bonchev–Trinajstić information content (AvgIpc) is 2.80. The van der Waals surface area contributed by atoms with Gasteiger partial charge in [-0.25, -0.2) is 0 Å². The van der Waals surface area contributed by atoms with Crippen LogP contribution < -0.4 is 0 Å². The number of benzene rings is 1. The minimum Gasteiger partial charge on any atom is -0.341 e. The Morgan fingerprint density at radius 1 is 1.24 bits per heavy atom. The van der Waals surface area contributed by atoms with E-state index >= 15 is 0 Å². The summed E-state index contributed by atoms with van der Waals surface area (Å²) in [5.41, 5.74) is 1.23. The number of hydrogen-bond acceptors (Lipinski definition) is 3. The van der Waals surface area contributed by atoms with Gasteiger partial charge in [0.05, 0.1) is 5.92 Å². The molecular weight excluding hydrogens is 348 g/mol. The number of nitrogens with zero attached hydrogens (tertiary/aromatic N) is 2. The number of hydrogen-bond donors (Lipinski definition) is 0. The number of amides is 1. The first-order chi connectivity index (χ1) is 10.3. The molecule has 2 heterocycles. The second-order valence-electron chi connectivity index (χ2n) is 5.61. The zero-order chi connectivity index (χ0) is 14.7. The summed E-state index contributed by atoms with van der Waals surface area (Å²) >= 11 is 5.32. The van der Waals surface area contributed by atoms with Gasteiger partial charge in [-0.1, -0.05) is 34.1 Å². The summed E-state index contributed by atoms with van der Waals surface area (Å²) in [7, 11) is 0. The van der Waals surface area contributed by atoms with Gasteiger partial charge in [0.15, 0.2) is 0 Å². The van der Waals surface area contributed by atoms with E-state index in [9.17, 15) is 4.79 Å². The van der Waals surface area contributed by atoms with Gasteiger partial charge < -0.3 is 9.80 Å². The van der Waals surface area contributed by atoms with E-state index in [0.717, 1.165) is 50.2 Å². The Labute approximate surface area is 139 Å². The lowest BCUT2D eigenvalue weighted by Crippen LogP contribution is -2.38. The van der Waals surface area contributed by atoms with Crippen molar-refractivity contribution >= 4 is 33.6 Å². The lowest BCUT2D eigenvalue weighted by molar-refractivity contribution is -0.132. The van der Waals surface area contributed by atoms with Crippen LogP contribution >= 0.6 is 27.7 Å². The predicted octanol–water partition coefficient (Wildman–Crippen LogP) is 2.81. The van der Waals surface area contributed by atoms with Crippen LogP contribution in [-0.2, 0) is 4.79 Å². The van der Waals surface area contributed by atoms with Crippen molar-refractivity contribution in [3.63, 3.8) is 0 Å². The Balaban J connectivity index is 1.66. The highest BCUT2D eigenvalue weighted by Crippen LogP contribution is 2.40. The molecule has 0 bridgehead atoms. The molecule has 0 saturated carbocycles. The van der Waals surface area contributed by atoms with E-state index in [1.165, 1.54) is 10.5 Å². The lowest BCUT2D eigenvalue weighted by Gasteiger charge is -2.24. The Morgan fingerprint density at radius 2 is 2.10 bits per heavy atom. The van der Waals surface area contributed by atoms with Gasteiger partial charge in [-0.15, -0.1) is 11.8 Å². The molecule has 5 heteroatoms. The van der Waals surface area contributed by atoms with Gasteiger partial charge in [0.2, 0.25) is 5.91 Å². The van der Waals surface area contributed by atoms with Gasteiger partial charge in [0.25, 0.3) is 0 Å². The molecule has 1 fully saturated rings. The summed E-state index contributed by atoms with van der Waals surface area (Å²) in [5.74, 6) is 1.29. The second kappa shape index (κ2) is 7.16. The third-order valence-electron chi connectivity index (χ3n) is 4.30. The molecule has 0 N–H and O–H groups in total. The molecule has 1 amide bonds. The zero-order valence-corrected chi connectivity index (χ0v) is 14.5. The molecule has 1 atom stereocenters. The number of thioether (sulfide) groups is 1. The fraction of sp³-hybridized carbons (Fsp3) is 0.562. The van der Waals surface area contributed by atoms with E-state index in [1.807, 2.05) is 17.8 Å². The summed E-state index contributed by atoms with van der Waals surface area (Å²) in [6, 6.07) is 8.36. The number of fused-ring (bicyclic) bond motifs is 1. The van der Waals surface area contributed by atoms with Crippen molar-refractivity contribution in [2.24, 2.45) is 0 Å². The molecule has 1 unspecified atom stereocenters. The van der Waals surface area contributed by atoms with Crippen LogP contribution in [0.4, 0.5) is 0 Å². The van der Waals surface area contributed by atoms with Crippen LogP contribution in [0.25, 0.3) is 0 Å². The van der Waals surface area contributed by atoms with Crippen LogP contribution in [0.3, 0.4) is 0 Å². The van der Waals surface area contributed by atoms with Crippen LogP contribution in [0.2, 0.25) is 0 Å². The molecule has 0 radical (unpaired) electrons. The monoisotopic (exact) mass is 368 g/mol. The minimum absolute atomic E-state index is 0.0638. The number of carbonyl (C=O) groups excluding carboxylic acids is 1. The van der Waals surface area contributed by atoms with Crippen molar-refractivity contribution in [2.45, 2.75) is 17.2 Å². The van der Waals surface area contributed by atoms with Crippen molar-refractivity contribution in [3.8, 4) is 0 Å². The number of halogens is 1. The van der Waals surface area contributed by atoms with Gasteiger partial charge in [-0.2, -0.15) is 0 Å².